The quantitative estimate of drug-likeness (QED) is 0.818. The number of rotatable bonds is 3. The van der Waals surface area contributed by atoms with Crippen molar-refractivity contribution in [1.82, 2.24) is 0 Å². The summed E-state index contributed by atoms with van der Waals surface area (Å²) in [5, 5.41) is 3.30. The molecule has 1 N–H and O–H groups in total. The summed E-state index contributed by atoms with van der Waals surface area (Å²) in [7, 11) is 1.95. The first kappa shape index (κ1) is 17.4. The fourth-order valence-corrected chi connectivity index (χ4v) is 2.78. The first-order valence-corrected chi connectivity index (χ1v) is 8.24. The van der Waals surface area contributed by atoms with E-state index in [1.807, 2.05) is 18.0 Å². The second kappa shape index (κ2) is 7.21. The Kier molecular flexibility index (Phi) is 5.01. The maximum atomic E-state index is 12.4. The van der Waals surface area contributed by atoms with Gasteiger partial charge < -0.3 is 15.0 Å². The zero-order valence-electron chi connectivity index (χ0n) is 13.3. The molecule has 2 aromatic carbocycles. The van der Waals surface area contributed by atoms with E-state index in [0.717, 1.165) is 17.1 Å². The van der Waals surface area contributed by atoms with Crippen LogP contribution in [0.5, 0.6) is 5.75 Å². The number of carbonyl (C=O) groups is 2. The Morgan fingerprint density at radius 1 is 1.24 bits per heavy atom. The van der Waals surface area contributed by atoms with E-state index >= 15 is 0 Å². The molecule has 3 rings (SSSR count). The van der Waals surface area contributed by atoms with Gasteiger partial charge in [-0.3, -0.25) is 4.79 Å². The molecule has 0 bridgehead atoms. The minimum atomic E-state index is -0.613. The Bertz CT molecular complexity index is 829. The molecule has 6 nitrogen and oxygen atoms in total. The summed E-state index contributed by atoms with van der Waals surface area (Å²) in [5.41, 5.74) is 1.74. The zero-order chi connectivity index (χ0) is 18.0. The van der Waals surface area contributed by atoms with Crippen molar-refractivity contribution in [3.63, 3.8) is 0 Å². The van der Waals surface area contributed by atoms with Crippen molar-refractivity contribution in [3.8, 4) is 5.75 Å². The lowest BCUT2D eigenvalue weighted by molar-refractivity contribution is -0.106. The molecule has 3 amide bonds. The summed E-state index contributed by atoms with van der Waals surface area (Å²) < 4.78 is 5.61. The van der Waals surface area contributed by atoms with E-state index in [1.54, 1.807) is 24.3 Å². The fraction of sp³-hybridized carbons (Fsp3) is 0.176. The molecule has 0 spiro atoms. The standard InChI is InChI=1S/C17H15Cl2N3O3/c1-21-6-7-25-16-9-12(3-5-15(16)21)22(10-23)17(24)20-11-2-4-13(18)14(19)8-11/h2-5,8-10H,6-7H2,1H3,(H,20,24). The van der Waals surface area contributed by atoms with Gasteiger partial charge in [-0.15, -0.1) is 0 Å². The number of anilines is 3. The van der Waals surface area contributed by atoms with Gasteiger partial charge >= 0.3 is 6.03 Å². The second-order valence-corrected chi connectivity index (χ2v) is 6.27. The highest BCUT2D eigenvalue weighted by atomic mass is 35.5. The number of imide groups is 1. The number of ether oxygens (including phenoxy) is 1. The van der Waals surface area contributed by atoms with Crippen molar-refractivity contribution in [2.75, 3.05) is 35.3 Å². The van der Waals surface area contributed by atoms with Gasteiger partial charge in [0.25, 0.3) is 0 Å². The first-order chi connectivity index (χ1) is 12.0. The molecule has 130 valence electrons. The van der Waals surface area contributed by atoms with Crippen LogP contribution in [0.3, 0.4) is 0 Å². The van der Waals surface area contributed by atoms with E-state index in [-0.39, 0.29) is 0 Å². The van der Waals surface area contributed by atoms with Crippen molar-refractivity contribution in [2.45, 2.75) is 0 Å². The summed E-state index contributed by atoms with van der Waals surface area (Å²) in [6.07, 6.45) is 0.446. The molecule has 8 heteroatoms. The third-order valence-electron chi connectivity index (χ3n) is 3.81. The van der Waals surface area contributed by atoms with Crippen molar-refractivity contribution in [1.29, 1.82) is 0 Å². The van der Waals surface area contributed by atoms with Crippen molar-refractivity contribution >= 4 is 52.7 Å². The van der Waals surface area contributed by atoms with Crippen LogP contribution in [0, 0.1) is 0 Å². The van der Waals surface area contributed by atoms with Crippen LogP contribution in [0.25, 0.3) is 0 Å². The Balaban J connectivity index is 1.83. The monoisotopic (exact) mass is 379 g/mol. The number of urea groups is 1. The Morgan fingerprint density at radius 2 is 2.04 bits per heavy atom. The Hall–Kier alpha value is -2.44. The van der Waals surface area contributed by atoms with E-state index in [0.29, 0.717) is 40.2 Å². The third kappa shape index (κ3) is 3.65. The topological polar surface area (TPSA) is 61.9 Å². The lowest BCUT2D eigenvalue weighted by atomic mass is 10.2. The highest BCUT2D eigenvalue weighted by molar-refractivity contribution is 6.42. The van der Waals surface area contributed by atoms with Gasteiger partial charge in [0, 0.05) is 18.8 Å². The van der Waals surface area contributed by atoms with Crippen LogP contribution in [-0.4, -0.2) is 32.6 Å². The minimum absolute atomic E-state index is 0.308. The number of fused-ring (bicyclic) bond motifs is 1. The van der Waals surface area contributed by atoms with Crippen LogP contribution in [0.1, 0.15) is 0 Å². The number of amides is 3. The molecule has 1 heterocycles. The number of hydrogen-bond acceptors (Lipinski definition) is 4. The summed E-state index contributed by atoms with van der Waals surface area (Å²) >= 11 is 11.8. The smallest absolute Gasteiger partial charge is 0.332 e. The molecular weight excluding hydrogens is 365 g/mol. The maximum Gasteiger partial charge on any atom is 0.332 e. The number of likely N-dealkylation sites (N-methyl/N-ethyl adjacent to an activating group) is 1. The second-order valence-electron chi connectivity index (χ2n) is 5.46. The van der Waals surface area contributed by atoms with Crippen LogP contribution < -0.4 is 19.9 Å². The van der Waals surface area contributed by atoms with Gasteiger partial charge in [0.05, 0.1) is 28.0 Å². The average molecular weight is 380 g/mol. The van der Waals surface area contributed by atoms with Gasteiger partial charge in [0.2, 0.25) is 6.41 Å². The summed E-state index contributed by atoms with van der Waals surface area (Å²) in [4.78, 5) is 26.9. The van der Waals surface area contributed by atoms with E-state index in [4.69, 9.17) is 27.9 Å². The summed E-state index contributed by atoms with van der Waals surface area (Å²) in [5.74, 6) is 0.625. The Labute approximate surface area is 154 Å². The third-order valence-corrected chi connectivity index (χ3v) is 4.55. The summed E-state index contributed by atoms with van der Waals surface area (Å²) in [6.45, 7) is 1.32. The van der Waals surface area contributed by atoms with Crippen LogP contribution >= 0.6 is 23.2 Å². The SMILES string of the molecule is CN1CCOc2cc(N(C=O)C(=O)Nc3ccc(Cl)c(Cl)c3)ccc21. The average Bonchev–Trinajstić information content (AvgIpc) is 2.59. The highest BCUT2D eigenvalue weighted by Crippen LogP contribution is 2.34. The summed E-state index contributed by atoms with van der Waals surface area (Å²) in [6, 6.07) is 9.22. The number of carbonyl (C=O) groups excluding carboxylic acids is 2. The molecular formula is C17H15Cl2N3O3. The van der Waals surface area contributed by atoms with Crippen LogP contribution in [0.4, 0.5) is 21.9 Å². The van der Waals surface area contributed by atoms with E-state index in [9.17, 15) is 9.59 Å². The van der Waals surface area contributed by atoms with Gasteiger partial charge in [0.15, 0.2) is 0 Å². The van der Waals surface area contributed by atoms with Crippen molar-refractivity contribution < 1.29 is 14.3 Å². The van der Waals surface area contributed by atoms with Crippen molar-refractivity contribution in [2.24, 2.45) is 0 Å². The van der Waals surface area contributed by atoms with E-state index in [2.05, 4.69) is 5.32 Å². The highest BCUT2D eigenvalue weighted by Gasteiger charge is 2.20. The Morgan fingerprint density at radius 3 is 2.76 bits per heavy atom. The normalized spacial score (nSPS) is 12.8. The first-order valence-electron chi connectivity index (χ1n) is 7.48. The number of nitrogens with zero attached hydrogens (tertiary/aromatic N) is 2. The largest absolute Gasteiger partial charge is 0.489 e. The maximum absolute atomic E-state index is 12.4. The molecule has 1 aliphatic rings. The molecule has 0 saturated carbocycles. The lowest BCUT2D eigenvalue weighted by Gasteiger charge is -2.28. The van der Waals surface area contributed by atoms with Gasteiger partial charge in [0.1, 0.15) is 12.4 Å². The van der Waals surface area contributed by atoms with Crippen molar-refractivity contribution in [3.05, 3.63) is 46.4 Å². The number of halogens is 2. The molecule has 0 unspecified atom stereocenters. The van der Waals surface area contributed by atoms with Gasteiger partial charge in [-0.2, -0.15) is 0 Å². The lowest BCUT2D eigenvalue weighted by Crippen LogP contribution is -2.34. The van der Waals surface area contributed by atoms with E-state index in [1.165, 1.54) is 6.07 Å². The van der Waals surface area contributed by atoms with Gasteiger partial charge in [-0.25, -0.2) is 9.69 Å². The molecule has 2 aromatic rings. The molecule has 0 aliphatic carbocycles. The van der Waals surface area contributed by atoms with E-state index < -0.39 is 6.03 Å². The van der Waals surface area contributed by atoms with Gasteiger partial charge in [-0.05, 0) is 30.3 Å². The number of nitrogens with one attached hydrogen (secondary N) is 1. The predicted molar refractivity (Wildman–Crippen MR) is 99.2 cm³/mol. The molecule has 0 fully saturated rings. The van der Waals surface area contributed by atoms with Gasteiger partial charge in [-0.1, -0.05) is 23.2 Å². The molecule has 0 saturated heterocycles. The number of hydrogen-bond donors (Lipinski definition) is 1. The minimum Gasteiger partial charge on any atom is -0.489 e. The molecule has 0 aromatic heterocycles. The van der Waals surface area contributed by atoms with Crippen LogP contribution in [0.15, 0.2) is 36.4 Å². The molecule has 1 aliphatic heterocycles. The fourth-order valence-electron chi connectivity index (χ4n) is 2.48. The van der Waals surface area contributed by atoms with Crippen LogP contribution in [0.2, 0.25) is 10.0 Å². The predicted octanol–water partition coefficient (Wildman–Crippen LogP) is 4.02. The zero-order valence-corrected chi connectivity index (χ0v) is 14.8. The molecule has 25 heavy (non-hydrogen) atoms. The molecule has 0 radical (unpaired) electrons. The molecule has 0 atom stereocenters. The van der Waals surface area contributed by atoms with Crippen LogP contribution in [-0.2, 0) is 4.79 Å². The number of benzene rings is 2.